The highest BCUT2D eigenvalue weighted by Gasteiger charge is 2.36. The topological polar surface area (TPSA) is 410 Å². The van der Waals surface area contributed by atoms with Crippen LogP contribution >= 0.6 is 0 Å². The van der Waals surface area contributed by atoms with Crippen LogP contribution in [-0.2, 0) is 67.2 Å². The van der Waals surface area contributed by atoms with Crippen molar-refractivity contribution >= 4 is 75.9 Å². The smallest absolute Gasteiger partial charge is 0.259 e. The van der Waals surface area contributed by atoms with Crippen molar-refractivity contribution in [2.75, 3.05) is 6.54 Å². The molecule has 0 bridgehead atoms. The molecular formula is C60H81N15O11. The maximum atomic E-state index is 14.4. The summed E-state index contributed by atoms with van der Waals surface area (Å²) in [4.78, 5) is 160. The number of nitrogens with one attached hydrogen (secondary N) is 10. The Bertz CT molecular complexity index is 3130. The summed E-state index contributed by atoms with van der Waals surface area (Å²) in [6.07, 6.45) is 3.87. The Balaban J connectivity index is 1.29. The molecule has 5 aromatic rings. The second-order valence-corrected chi connectivity index (χ2v) is 22.3. The van der Waals surface area contributed by atoms with E-state index in [-0.39, 0.29) is 62.3 Å². The third kappa shape index (κ3) is 20.7. The molecule has 0 spiro atoms. The van der Waals surface area contributed by atoms with Crippen LogP contribution in [0.5, 0.6) is 0 Å². The fourth-order valence-electron chi connectivity index (χ4n) is 9.37. The Labute approximate surface area is 498 Å². The number of amides is 11. The van der Waals surface area contributed by atoms with Gasteiger partial charge in [-0.1, -0.05) is 108 Å². The van der Waals surface area contributed by atoms with Gasteiger partial charge in [-0.05, 0) is 73.3 Å². The number of hydrogen-bond acceptors (Lipinski definition) is 13. The van der Waals surface area contributed by atoms with Gasteiger partial charge in [0.15, 0.2) is 0 Å². The minimum atomic E-state index is -1.47. The largest absolute Gasteiger partial charge is 0.370 e. The standard InChI is InChI=1S/C60H81N15O11/c1-33(2)24-47(60(86)75(63)48(52(62)78)25-34(3)4)73-58(84)46(28-40-30-64-32-67-40)69-50(77)31-66-59(85)51(35(5)6)74-53(79)36(7)68-56(82)45(27-39-29-65-42-21-15-14-20-41(39)42)72-55(81)43(22-23-49(61)76)70-57(83)44(26-37-16-10-8-11-17-37)71-54(80)38-18-12-9-13-19-38/h8-21,29-30,32-36,43-48,51,65H,22-28,31,63H2,1-7H3,(H2,61,76)(H2,62,78)(H,64,67)(H,66,85)(H,68,82)(H,69,77)(H,70,83)(H,71,80)(H,72,81)(H,73,84)(H,74,79)/t36-,43-,44+,45-,46-,47-,48-,51-/m0/s1. The summed E-state index contributed by atoms with van der Waals surface area (Å²) < 4.78 is 0. The number of imidazole rings is 1. The molecule has 0 aliphatic carbocycles. The maximum absolute atomic E-state index is 14.4. The predicted molar refractivity (Wildman–Crippen MR) is 319 cm³/mol. The highest BCUT2D eigenvalue weighted by atomic mass is 16.2. The van der Waals surface area contributed by atoms with Gasteiger partial charge in [-0.25, -0.2) is 10.8 Å². The Morgan fingerprint density at radius 2 is 1.14 bits per heavy atom. The average Bonchev–Trinajstić information content (AvgIpc) is 2.27. The molecule has 2 aromatic heterocycles. The van der Waals surface area contributed by atoms with E-state index in [4.69, 9.17) is 17.3 Å². The first-order chi connectivity index (χ1) is 40.8. The van der Waals surface area contributed by atoms with Gasteiger partial charge in [0, 0.05) is 54.5 Å². The molecule has 0 unspecified atom stereocenters. The van der Waals surface area contributed by atoms with Gasteiger partial charge < -0.3 is 64.0 Å². The van der Waals surface area contributed by atoms with Gasteiger partial charge in [0.2, 0.25) is 53.2 Å². The predicted octanol–water partition coefficient (Wildman–Crippen LogP) is 0.332. The molecule has 8 atom stereocenters. The number of H-pyrrole nitrogens is 2. The minimum absolute atomic E-state index is 0.0193. The zero-order valence-electron chi connectivity index (χ0n) is 49.4. The quantitative estimate of drug-likeness (QED) is 0.0153. The van der Waals surface area contributed by atoms with Gasteiger partial charge in [0.05, 0.1) is 18.6 Å². The van der Waals surface area contributed by atoms with E-state index in [1.807, 2.05) is 33.8 Å². The fourth-order valence-corrected chi connectivity index (χ4v) is 9.37. The molecule has 86 heavy (non-hydrogen) atoms. The van der Waals surface area contributed by atoms with E-state index in [0.717, 1.165) is 15.9 Å². The van der Waals surface area contributed by atoms with Crippen molar-refractivity contribution in [3.63, 3.8) is 0 Å². The molecule has 2 heterocycles. The van der Waals surface area contributed by atoms with Gasteiger partial charge in [-0.15, -0.1) is 0 Å². The lowest BCUT2D eigenvalue weighted by atomic mass is 9.99. The third-order valence-corrected chi connectivity index (χ3v) is 14.0. The lowest BCUT2D eigenvalue weighted by Crippen LogP contribution is -2.61. The molecule has 26 nitrogen and oxygen atoms in total. The number of rotatable bonds is 33. The second kappa shape index (κ2) is 32.6. The number of benzene rings is 3. The van der Waals surface area contributed by atoms with Crippen molar-refractivity contribution in [3.8, 4) is 0 Å². The summed E-state index contributed by atoms with van der Waals surface area (Å²) in [5, 5.41) is 22.5. The van der Waals surface area contributed by atoms with Crippen LogP contribution in [-0.4, -0.2) is 140 Å². The normalized spacial score (nSPS) is 14.0. The van der Waals surface area contributed by atoms with Crippen molar-refractivity contribution in [2.45, 2.75) is 142 Å². The first kappa shape index (κ1) is 67.3. The van der Waals surface area contributed by atoms with E-state index in [2.05, 4.69) is 57.5 Å². The van der Waals surface area contributed by atoms with Gasteiger partial charge >= 0.3 is 0 Å². The Morgan fingerprint density at radius 1 is 0.570 bits per heavy atom. The Kier molecular flexibility index (Phi) is 25.5. The van der Waals surface area contributed by atoms with Crippen molar-refractivity contribution in [3.05, 3.63) is 126 Å². The second-order valence-electron chi connectivity index (χ2n) is 22.3. The van der Waals surface area contributed by atoms with Crippen LogP contribution in [0, 0.1) is 17.8 Å². The first-order valence-corrected chi connectivity index (χ1v) is 28.5. The van der Waals surface area contributed by atoms with Crippen molar-refractivity contribution in [1.29, 1.82) is 0 Å². The van der Waals surface area contributed by atoms with Crippen molar-refractivity contribution in [1.82, 2.24) is 62.5 Å². The highest BCUT2D eigenvalue weighted by Crippen LogP contribution is 2.20. The molecule has 0 fully saturated rings. The van der Waals surface area contributed by atoms with Crippen LogP contribution in [0.15, 0.2) is 104 Å². The number of nitrogens with zero attached hydrogens (tertiary/aromatic N) is 2. The summed E-state index contributed by atoms with van der Waals surface area (Å²) >= 11 is 0. The molecule has 5 rings (SSSR count). The summed E-state index contributed by atoms with van der Waals surface area (Å²) in [7, 11) is 0. The van der Waals surface area contributed by atoms with Crippen molar-refractivity contribution in [2.24, 2.45) is 35.1 Å². The summed E-state index contributed by atoms with van der Waals surface area (Å²) in [6, 6.07) is 13.8. The summed E-state index contributed by atoms with van der Waals surface area (Å²) in [5.41, 5.74) is 13.8. The van der Waals surface area contributed by atoms with E-state index in [0.29, 0.717) is 16.8 Å². The van der Waals surface area contributed by atoms with Crippen LogP contribution in [0.1, 0.15) is 101 Å². The number of carbonyl (C=O) groups is 11. The SMILES string of the molecule is CC(C)C[C@H](NC(=O)[C@H](Cc1c[nH]cn1)NC(=O)CNC(=O)[C@@H](NC(=O)[C@H](C)NC(=O)[C@H](Cc1c[nH]c2ccccc12)NC(=O)[C@H](CCC(N)=O)NC(=O)[C@@H](Cc1ccccc1)NC(=O)c1ccccc1)C(C)C)C(=O)N(N)[C@@H](CC(C)C)C(N)=O. The third-order valence-electron chi connectivity index (χ3n) is 14.0. The van der Waals surface area contributed by atoms with Crippen LogP contribution in [0.2, 0.25) is 0 Å². The van der Waals surface area contributed by atoms with Crippen LogP contribution in [0.4, 0.5) is 0 Å². The molecule has 0 radical (unpaired) electrons. The van der Waals surface area contributed by atoms with E-state index in [9.17, 15) is 52.7 Å². The van der Waals surface area contributed by atoms with Crippen molar-refractivity contribution < 1.29 is 52.7 Å². The number of primary amides is 2. The van der Waals surface area contributed by atoms with Gasteiger partial charge in [0.1, 0.15) is 48.3 Å². The molecule has 0 aliphatic rings. The molecule has 0 aliphatic heterocycles. The van der Waals surface area contributed by atoms with E-state index in [1.54, 1.807) is 98.9 Å². The number of fused-ring (bicyclic) bond motifs is 1. The number of hydrogen-bond donors (Lipinski definition) is 13. The van der Waals surface area contributed by atoms with E-state index < -0.39 is 126 Å². The number of aromatic amines is 2. The molecule has 26 heteroatoms. The number of aromatic nitrogens is 3. The zero-order chi connectivity index (χ0) is 63.2. The average molecular weight is 1190 g/mol. The molecule has 0 saturated heterocycles. The Hall–Kier alpha value is -9.46. The lowest BCUT2D eigenvalue weighted by molar-refractivity contribution is -0.144. The fraction of sp³-hybridized carbons (Fsp3) is 0.433. The van der Waals surface area contributed by atoms with Crippen LogP contribution in [0.25, 0.3) is 10.9 Å². The van der Waals surface area contributed by atoms with Gasteiger partial charge in [-0.2, -0.15) is 0 Å². The number of para-hydroxylation sites is 1. The monoisotopic (exact) mass is 1190 g/mol. The number of hydrazine groups is 1. The molecule has 11 amide bonds. The van der Waals surface area contributed by atoms with E-state index in [1.165, 1.54) is 19.4 Å². The highest BCUT2D eigenvalue weighted by molar-refractivity contribution is 6.00. The van der Waals surface area contributed by atoms with Gasteiger partial charge in [0.25, 0.3) is 11.8 Å². The molecule has 16 N–H and O–H groups in total. The number of nitrogens with two attached hydrogens (primary N) is 3. The van der Waals surface area contributed by atoms with E-state index >= 15 is 0 Å². The zero-order valence-corrected chi connectivity index (χ0v) is 49.4. The molecular weight excluding hydrogens is 1110 g/mol. The van der Waals surface area contributed by atoms with Gasteiger partial charge in [-0.3, -0.25) is 57.7 Å². The van der Waals surface area contributed by atoms with Crippen LogP contribution < -0.4 is 59.8 Å². The Morgan fingerprint density at radius 3 is 1.74 bits per heavy atom. The molecule has 3 aromatic carbocycles. The first-order valence-electron chi connectivity index (χ1n) is 28.5. The van der Waals surface area contributed by atoms with Crippen LogP contribution in [0.3, 0.4) is 0 Å². The summed E-state index contributed by atoms with van der Waals surface area (Å²) in [6.45, 7) is 11.2. The lowest BCUT2D eigenvalue weighted by Gasteiger charge is -2.31. The number of carbonyl (C=O) groups excluding carboxylic acids is 11. The molecule has 0 saturated carbocycles. The molecule has 462 valence electrons. The summed E-state index contributed by atoms with van der Waals surface area (Å²) in [5.74, 6) is -3.32. The minimum Gasteiger partial charge on any atom is -0.370 e. The maximum Gasteiger partial charge on any atom is 0.259 e.